The Bertz CT molecular complexity index is 284. The van der Waals surface area contributed by atoms with Crippen LogP contribution in [0.5, 0.6) is 0 Å². The predicted molar refractivity (Wildman–Crippen MR) is 77.4 cm³/mol. The Morgan fingerprint density at radius 2 is 2.18 bits per heavy atom. The van der Waals surface area contributed by atoms with Crippen LogP contribution in [0.2, 0.25) is 0 Å². The van der Waals surface area contributed by atoms with E-state index in [4.69, 9.17) is 5.73 Å². The molecule has 3 heteroatoms. The molecule has 1 heterocycles. The van der Waals surface area contributed by atoms with Crippen LogP contribution in [-0.4, -0.2) is 12.1 Å². The molecule has 0 aromatic carbocycles. The highest BCUT2D eigenvalue weighted by Crippen LogP contribution is 2.16. The van der Waals surface area contributed by atoms with Gasteiger partial charge in [0.2, 0.25) is 0 Å². The van der Waals surface area contributed by atoms with Gasteiger partial charge >= 0.3 is 0 Å². The molecule has 0 aliphatic rings. The van der Waals surface area contributed by atoms with E-state index >= 15 is 0 Å². The topological polar surface area (TPSA) is 38.0 Å². The van der Waals surface area contributed by atoms with Gasteiger partial charge in [0, 0.05) is 23.5 Å². The largest absolute Gasteiger partial charge is 0.329 e. The van der Waals surface area contributed by atoms with Crippen LogP contribution in [0.3, 0.4) is 0 Å². The van der Waals surface area contributed by atoms with Gasteiger partial charge in [0.25, 0.3) is 0 Å². The predicted octanol–water partition coefficient (Wildman–Crippen LogP) is 3.53. The summed E-state index contributed by atoms with van der Waals surface area (Å²) < 4.78 is 0. The highest BCUT2D eigenvalue weighted by atomic mass is 32.1. The molecule has 0 fully saturated rings. The standard InChI is InChI=1S/C14H26N2S/c1-3-4-5-6-9-14(2,12-15)16-11-13-8-7-10-17-13/h7-8,10,16H,3-6,9,11-12,15H2,1-2H3. The number of hydrogen-bond acceptors (Lipinski definition) is 3. The smallest absolute Gasteiger partial charge is 0.0305 e. The number of thiophene rings is 1. The summed E-state index contributed by atoms with van der Waals surface area (Å²) in [5.74, 6) is 0. The van der Waals surface area contributed by atoms with Crippen molar-refractivity contribution in [3.05, 3.63) is 22.4 Å². The highest BCUT2D eigenvalue weighted by Gasteiger charge is 2.20. The van der Waals surface area contributed by atoms with Crippen LogP contribution in [0.15, 0.2) is 17.5 Å². The molecule has 0 radical (unpaired) electrons. The maximum Gasteiger partial charge on any atom is 0.0305 e. The SMILES string of the molecule is CCCCCCC(C)(CN)NCc1cccs1. The molecule has 2 nitrogen and oxygen atoms in total. The van der Waals surface area contributed by atoms with Crippen molar-refractivity contribution in [2.75, 3.05) is 6.54 Å². The molecule has 0 aliphatic carbocycles. The van der Waals surface area contributed by atoms with Crippen LogP contribution in [0.1, 0.15) is 50.8 Å². The lowest BCUT2D eigenvalue weighted by molar-refractivity contribution is 0.325. The molecule has 0 aliphatic heterocycles. The van der Waals surface area contributed by atoms with E-state index in [0.717, 1.165) is 6.54 Å². The van der Waals surface area contributed by atoms with Gasteiger partial charge in [0.15, 0.2) is 0 Å². The summed E-state index contributed by atoms with van der Waals surface area (Å²) in [6.07, 6.45) is 6.41. The molecule has 1 unspecified atom stereocenters. The normalized spacial score (nSPS) is 14.8. The number of unbranched alkanes of at least 4 members (excludes halogenated alkanes) is 3. The number of nitrogens with two attached hydrogens (primary N) is 1. The minimum atomic E-state index is 0.0950. The van der Waals surface area contributed by atoms with Crippen molar-refractivity contribution in [1.82, 2.24) is 5.32 Å². The van der Waals surface area contributed by atoms with E-state index in [1.165, 1.54) is 37.0 Å². The molecule has 0 spiro atoms. The second-order valence-electron chi connectivity index (χ2n) is 5.01. The molecule has 1 atom stereocenters. The molecule has 1 aromatic rings. The third kappa shape index (κ3) is 5.66. The Morgan fingerprint density at radius 1 is 1.35 bits per heavy atom. The van der Waals surface area contributed by atoms with Crippen LogP contribution in [0.4, 0.5) is 0 Å². The number of hydrogen-bond donors (Lipinski definition) is 2. The lowest BCUT2D eigenvalue weighted by Gasteiger charge is -2.29. The van der Waals surface area contributed by atoms with Crippen molar-refractivity contribution in [2.45, 2.75) is 58.0 Å². The zero-order valence-corrected chi connectivity index (χ0v) is 12.0. The van der Waals surface area contributed by atoms with E-state index in [2.05, 4.69) is 36.7 Å². The average Bonchev–Trinajstić information content (AvgIpc) is 2.85. The van der Waals surface area contributed by atoms with Gasteiger partial charge in [-0.15, -0.1) is 11.3 Å². The van der Waals surface area contributed by atoms with Crippen LogP contribution in [0.25, 0.3) is 0 Å². The zero-order chi connectivity index (χ0) is 12.6. The van der Waals surface area contributed by atoms with E-state index in [0.29, 0.717) is 6.54 Å². The van der Waals surface area contributed by atoms with Gasteiger partial charge in [-0.3, -0.25) is 0 Å². The second kappa shape index (κ2) is 7.85. The average molecular weight is 254 g/mol. The first-order valence-corrected chi connectivity index (χ1v) is 7.55. The Hall–Kier alpha value is -0.380. The summed E-state index contributed by atoms with van der Waals surface area (Å²) >= 11 is 1.80. The second-order valence-corrected chi connectivity index (χ2v) is 6.04. The highest BCUT2D eigenvalue weighted by molar-refractivity contribution is 7.09. The molecule has 17 heavy (non-hydrogen) atoms. The van der Waals surface area contributed by atoms with Gasteiger partial charge in [-0.2, -0.15) is 0 Å². The lowest BCUT2D eigenvalue weighted by atomic mass is 9.94. The summed E-state index contributed by atoms with van der Waals surface area (Å²) in [6.45, 7) is 6.15. The third-order valence-electron chi connectivity index (χ3n) is 3.30. The van der Waals surface area contributed by atoms with Gasteiger partial charge < -0.3 is 11.1 Å². The van der Waals surface area contributed by atoms with Crippen molar-refractivity contribution in [2.24, 2.45) is 5.73 Å². The summed E-state index contributed by atoms with van der Waals surface area (Å²) in [5.41, 5.74) is 6.00. The van der Waals surface area contributed by atoms with E-state index in [1.54, 1.807) is 11.3 Å². The fourth-order valence-electron chi connectivity index (χ4n) is 1.92. The zero-order valence-electron chi connectivity index (χ0n) is 11.2. The van der Waals surface area contributed by atoms with E-state index in [1.807, 2.05) is 0 Å². The first-order chi connectivity index (χ1) is 8.20. The van der Waals surface area contributed by atoms with Gasteiger partial charge in [-0.05, 0) is 24.8 Å². The van der Waals surface area contributed by atoms with Crippen molar-refractivity contribution in [3.63, 3.8) is 0 Å². The van der Waals surface area contributed by atoms with E-state index in [9.17, 15) is 0 Å². The third-order valence-corrected chi connectivity index (χ3v) is 4.18. The molecule has 3 N–H and O–H groups in total. The fourth-order valence-corrected chi connectivity index (χ4v) is 2.56. The van der Waals surface area contributed by atoms with Crippen LogP contribution in [-0.2, 0) is 6.54 Å². The molecule has 1 aromatic heterocycles. The van der Waals surface area contributed by atoms with Gasteiger partial charge in [-0.25, -0.2) is 0 Å². The summed E-state index contributed by atoms with van der Waals surface area (Å²) in [5, 5.41) is 5.73. The quantitative estimate of drug-likeness (QED) is 0.662. The van der Waals surface area contributed by atoms with Crippen molar-refractivity contribution in [1.29, 1.82) is 0 Å². The first-order valence-electron chi connectivity index (χ1n) is 6.67. The van der Waals surface area contributed by atoms with Gasteiger partial charge in [0.05, 0.1) is 0 Å². The minimum Gasteiger partial charge on any atom is -0.329 e. The molecule has 0 saturated carbocycles. The molecule has 98 valence electrons. The fraction of sp³-hybridized carbons (Fsp3) is 0.714. The Kier molecular flexibility index (Phi) is 6.78. The van der Waals surface area contributed by atoms with E-state index < -0.39 is 0 Å². The minimum absolute atomic E-state index is 0.0950. The number of rotatable bonds is 9. The summed E-state index contributed by atoms with van der Waals surface area (Å²) in [6, 6.07) is 4.27. The molecular weight excluding hydrogens is 228 g/mol. The molecule has 1 rings (SSSR count). The van der Waals surface area contributed by atoms with Gasteiger partial charge in [-0.1, -0.05) is 38.7 Å². The van der Waals surface area contributed by atoms with Crippen LogP contribution >= 0.6 is 11.3 Å². The Balaban J connectivity index is 2.29. The maximum absolute atomic E-state index is 5.90. The maximum atomic E-state index is 5.90. The Labute approximate surface area is 110 Å². The first kappa shape index (κ1) is 14.7. The summed E-state index contributed by atoms with van der Waals surface area (Å²) in [4.78, 5) is 1.39. The molecule has 0 bridgehead atoms. The summed E-state index contributed by atoms with van der Waals surface area (Å²) in [7, 11) is 0. The van der Waals surface area contributed by atoms with Crippen molar-refractivity contribution >= 4 is 11.3 Å². The molecule has 0 amide bonds. The van der Waals surface area contributed by atoms with Crippen molar-refractivity contribution in [3.8, 4) is 0 Å². The van der Waals surface area contributed by atoms with Crippen molar-refractivity contribution < 1.29 is 0 Å². The van der Waals surface area contributed by atoms with Crippen LogP contribution < -0.4 is 11.1 Å². The Morgan fingerprint density at radius 3 is 2.76 bits per heavy atom. The van der Waals surface area contributed by atoms with E-state index in [-0.39, 0.29) is 5.54 Å². The monoisotopic (exact) mass is 254 g/mol. The number of nitrogens with one attached hydrogen (secondary N) is 1. The van der Waals surface area contributed by atoms with Crippen LogP contribution in [0, 0.1) is 0 Å². The lowest BCUT2D eigenvalue weighted by Crippen LogP contribution is -2.48. The van der Waals surface area contributed by atoms with Gasteiger partial charge in [0.1, 0.15) is 0 Å². The molecule has 0 saturated heterocycles. The molecular formula is C14H26N2S.